The van der Waals surface area contributed by atoms with Gasteiger partial charge in [-0.05, 0) is 24.1 Å². The molecule has 0 spiro atoms. The van der Waals surface area contributed by atoms with Crippen LogP contribution < -0.4 is 15.4 Å². The number of nitro benzene ring substituents is 1. The zero-order valence-electron chi connectivity index (χ0n) is 14.6. The van der Waals surface area contributed by atoms with Gasteiger partial charge in [-0.2, -0.15) is 0 Å². The van der Waals surface area contributed by atoms with Crippen molar-refractivity contribution in [1.29, 1.82) is 0 Å². The number of hydrogen-bond donors (Lipinski definition) is 2. The number of pyridine rings is 1. The van der Waals surface area contributed by atoms with Gasteiger partial charge in [0, 0.05) is 30.3 Å². The van der Waals surface area contributed by atoms with Crippen molar-refractivity contribution in [3.8, 4) is 5.75 Å². The number of carbonyl (C=O) groups is 1. The summed E-state index contributed by atoms with van der Waals surface area (Å²) < 4.78 is 5.13. The SMILES string of the molecule is COc1ccc([N+](=O)[O-])cc1NC(=O)NCCc1cccc2cccnc12. The Bertz CT molecular complexity index is 985. The minimum atomic E-state index is -0.532. The number of ether oxygens (including phenoxy) is 1. The normalized spacial score (nSPS) is 10.4. The highest BCUT2D eigenvalue weighted by Crippen LogP contribution is 2.28. The lowest BCUT2D eigenvalue weighted by atomic mass is 10.1. The second-order valence-corrected chi connectivity index (χ2v) is 5.76. The maximum atomic E-state index is 12.2. The maximum absolute atomic E-state index is 12.2. The summed E-state index contributed by atoms with van der Waals surface area (Å²) in [7, 11) is 1.43. The molecule has 3 aromatic rings. The van der Waals surface area contributed by atoms with Crippen LogP contribution in [0.4, 0.5) is 16.2 Å². The largest absolute Gasteiger partial charge is 0.495 e. The Morgan fingerprint density at radius 2 is 2.04 bits per heavy atom. The number of methoxy groups -OCH3 is 1. The molecule has 1 heterocycles. The van der Waals surface area contributed by atoms with E-state index < -0.39 is 11.0 Å². The van der Waals surface area contributed by atoms with Crippen LogP contribution in [0.1, 0.15) is 5.56 Å². The summed E-state index contributed by atoms with van der Waals surface area (Å²) in [5.41, 5.74) is 2.04. The summed E-state index contributed by atoms with van der Waals surface area (Å²) in [6, 6.07) is 13.3. The van der Waals surface area contributed by atoms with Crippen molar-refractivity contribution in [1.82, 2.24) is 10.3 Å². The Balaban J connectivity index is 1.63. The van der Waals surface area contributed by atoms with Crippen LogP contribution in [0.25, 0.3) is 10.9 Å². The lowest BCUT2D eigenvalue weighted by Gasteiger charge is -2.11. The molecule has 2 aromatic carbocycles. The number of amides is 2. The van der Waals surface area contributed by atoms with Crippen molar-refractivity contribution in [3.63, 3.8) is 0 Å². The average molecular weight is 366 g/mol. The molecule has 138 valence electrons. The van der Waals surface area contributed by atoms with Gasteiger partial charge in [0.25, 0.3) is 5.69 Å². The molecule has 0 fully saturated rings. The van der Waals surface area contributed by atoms with Gasteiger partial charge >= 0.3 is 6.03 Å². The van der Waals surface area contributed by atoms with Gasteiger partial charge in [-0.1, -0.05) is 24.3 Å². The highest BCUT2D eigenvalue weighted by atomic mass is 16.6. The number of nitro groups is 1. The lowest BCUT2D eigenvalue weighted by molar-refractivity contribution is -0.384. The first-order valence-corrected chi connectivity index (χ1v) is 8.28. The fourth-order valence-corrected chi connectivity index (χ4v) is 2.75. The van der Waals surface area contributed by atoms with E-state index >= 15 is 0 Å². The van der Waals surface area contributed by atoms with Crippen molar-refractivity contribution < 1.29 is 14.5 Å². The fraction of sp³-hybridized carbons (Fsp3) is 0.158. The monoisotopic (exact) mass is 366 g/mol. The summed E-state index contributed by atoms with van der Waals surface area (Å²) in [5.74, 6) is 0.342. The van der Waals surface area contributed by atoms with Gasteiger partial charge in [-0.3, -0.25) is 15.1 Å². The number of benzene rings is 2. The molecule has 27 heavy (non-hydrogen) atoms. The van der Waals surface area contributed by atoms with E-state index in [0.29, 0.717) is 18.7 Å². The summed E-state index contributed by atoms with van der Waals surface area (Å²) in [5, 5.41) is 17.3. The molecule has 0 bridgehead atoms. The highest BCUT2D eigenvalue weighted by molar-refractivity contribution is 5.91. The number of anilines is 1. The van der Waals surface area contributed by atoms with Gasteiger partial charge in [0.05, 0.1) is 23.2 Å². The number of non-ortho nitro benzene ring substituents is 1. The Labute approximate surface area is 155 Å². The average Bonchev–Trinajstić information content (AvgIpc) is 2.68. The number of rotatable bonds is 6. The molecule has 0 aliphatic carbocycles. The molecule has 0 aliphatic rings. The van der Waals surface area contributed by atoms with Crippen LogP contribution in [0.2, 0.25) is 0 Å². The molecule has 2 amide bonds. The van der Waals surface area contributed by atoms with Crippen LogP contribution in [0, 0.1) is 10.1 Å². The third-order valence-electron chi connectivity index (χ3n) is 4.04. The second kappa shape index (κ2) is 8.13. The van der Waals surface area contributed by atoms with Crippen molar-refractivity contribution in [2.45, 2.75) is 6.42 Å². The van der Waals surface area contributed by atoms with Crippen molar-refractivity contribution in [2.75, 3.05) is 19.0 Å². The lowest BCUT2D eigenvalue weighted by Crippen LogP contribution is -2.30. The first kappa shape index (κ1) is 18.1. The Hall–Kier alpha value is -3.68. The first-order chi connectivity index (χ1) is 13.1. The molecule has 0 radical (unpaired) electrons. The Morgan fingerprint density at radius 1 is 1.22 bits per heavy atom. The van der Waals surface area contributed by atoms with Crippen LogP contribution in [0.15, 0.2) is 54.7 Å². The topological polar surface area (TPSA) is 106 Å². The molecule has 2 N–H and O–H groups in total. The van der Waals surface area contributed by atoms with Crippen molar-refractivity contribution >= 4 is 28.3 Å². The van der Waals surface area contributed by atoms with E-state index in [1.165, 1.54) is 25.3 Å². The van der Waals surface area contributed by atoms with E-state index in [0.717, 1.165) is 16.5 Å². The molecule has 1 aromatic heterocycles. The van der Waals surface area contributed by atoms with Crippen LogP contribution in [0.5, 0.6) is 5.75 Å². The van der Waals surface area contributed by atoms with Gasteiger partial charge in [0.1, 0.15) is 5.75 Å². The van der Waals surface area contributed by atoms with Crippen LogP contribution >= 0.6 is 0 Å². The number of aromatic nitrogens is 1. The molecule has 0 saturated heterocycles. The third kappa shape index (κ3) is 4.30. The predicted molar refractivity (Wildman–Crippen MR) is 102 cm³/mol. The quantitative estimate of drug-likeness (QED) is 0.513. The van der Waals surface area contributed by atoms with E-state index in [-0.39, 0.29) is 11.4 Å². The van der Waals surface area contributed by atoms with Crippen molar-refractivity contribution in [2.24, 2.45) is 0 Å². The standard InChI is InChI=1S/C19H18N4O4/c1-27-17-8-7-15(23(25)26)12-16(17)22-19(24)21-11-9-14-5-2-4-13-6-3-10-20-18(13)14/h2-8,10,12H,9,11H2,1H3,(H2,21,22,24). The smallest absolute Gasteiger partial charge is 0.319 e. The molecule has 0 aliphatic heterocycles. The summed E-state index contributed by atoms with van der Waals surface area (Å²) in [6.07, 6.45) is 2.34. The minimum absolute atomic E-state index is 0.132. The molecule has 0 atom stereocenters. The van der Waals surface area contributed by atoms with E-state index in [2.05, 4.69) is 15.6 Å². The molecule has 0 saturated carbocycles. The van der Waals surface area contributed by atoms with Gasteiger partial charge < -0.3 is 15.4 Å². The first-order valence-electron chi connectivity index (χ1n) is 8.28. The number of urea groups is 1. The molecule has 3 rings (SSSR count). The summed E-state index contributed by atoms with van der Waals surface area (Å²) in [6.45, 7) is 0.388. The van der Waals surface area contributed by atoms with Gasteiger partial charge in [0.2, 0.25) is 0 Å². The van der Waals surface area contributed by atoms with Crippen LogP contribution in [-0.4, -0.2) is 29.6 Å². The fourth-order valence-electron chi connectivity index (χ4n) is 2.75. The van der Waals surface area contributed by atoms with Gasteiger partial charge in [-0.25, -0.2) is 4.79 Å². The van der Waals surface area contributed by atoms with E-state index in [1.54, 1.807) is 6.20 Å². The summed E-state index contributed by atoms with van der Waals surface area (Å²) >= 11 is 0. The van der Waals surface area contributed by atoms with Gasteiger partial charge in [0.15, 0.2) is 0 Å². The number of nitrogens with one attached hydrogen (secondary N) is 2. The molecule has 8 heteroatoms. The number of para-hydroxylation sites is 1. The van der Waals surface area contributed by atoms with E-state index in [4.69, 9.17) is 4.74 Å². The number of carbonyl (C=O) groups excluding carboxylic acids is 1. The predicted octanol–water partition coefficient (Wildman–Crippen LogP) is 3.52. The second-order valence-electron chi connectivity index (χ2n) is 5.76. The Morgan fingerprint density at radius 3 is 2.81 bits per heavy atom. The molecular weight excluding hydrogens is 348 g/mol. The number of nitrogens with zero attached hydrogens (tertiary/aromatic N) is 2. The zero-order valence-corrected chi connectivity index (χ0v) is 14.6. The van der Waals surface area contributed by atoms with Crippen molar-refractivity contribution in [3.05, 3.63) is 70.4 Å². The summed E-state index contributed by atoms with van der Waals surface area (Å²) in [4.78, 5) is 26.9. The van der Waals surface area contributed by atoms with E-state index in [9.17, 15) is 14.9 Å². The Kier molecular flexibility index (Phi) is 5.46. The van der Waals surface area contributed by atoms with Crippen LogP contribution in [-0.2, 0) is 6.42 Å². The number of hydrogen-bond acceptors (Lipinski definition) is 5. The van der Waals surface area contributed by atoms with E-state index in [1.807, 2.05) is 30.3 Å². The zero-order chi connectivity index (χ0) is 19.2. The maximum Gasteiger partial charge on any atom is 0.319 e. The third-order valence-corrected chi connectivity index (χ3v) is 4.04. The number of fused-ring (bicyclic) bond motifs is 1. The van der Waals surface area contributed by atoms with Crippen LogP contribution in [0.3, 0.4) is 0 Å². The minimum Gasteiger partial charge on any atom is -0.495 e. The molecule has 0 unspecified atom stereocenters. The van der Waals surface area contributed by atoms with Gasteiger partial charge in [-0.15, -0.1) is 0 Å². The highest BCUT2D eigenvalue weighted by Gasteiger charge is 2.13. The molecule has 8 nitrogen and oxygen atoms in total. The molecular formula is C19H18N4O4.